The smallest absolute Gasteiger partial charge is 0.0788 e. The molecule has 0 aliphatic carbocycles. The van der Waals surface area contributed by atoms with Crippen molar-refractivity contribution in [1.29, 1.82) is 0 Å². The first-order chi connectivity index (χ1) is 8.47. The highest BCUT2D eigenvalue weighted by Gasteiger charge is 2.30. The van der Waals surface area contributed by atoms with Crippen molar-refractivity contribution in [3.8, 4) is 0 Å². The van der Waals surface area contributed by atoms with Crippen molar-refractivity contribution in [3.63, 3.8) is 0 Å². The van der Waals surface area contributed by atoms with Gasteiger partial charge in [0.2, 0.25) is 0 Å². The lowest BCUT2D eigenvalue weighted by molar-refractivity contribution is -0.917. The largest absolute Gasteiger partial charge is 0.331 e. The molecule has 1 aliphatic heterocycles. The van der Waals surface area contributed by atoms with Crippen molar-refractivity contribution < 1.29 is 8.97 Å². The van der Waals surface area contributed by atoms with Gasteiger partial charge in [-0.1, -0.05) is 13.3 Å². The van der Waals surface area contributed by atoms with E-state index in [1.54, 1.807) is 0 Å². The topological polar surface area (TPSA) is 0 Å². The third kappa shape index (κ3) is 6.19. The number of rotatable bonds is 9. The van der Waals surface area contributed by atoms with E-state index < -0.39 is 0 Å². The summed E-state index contributed by atoms with van der Waals surface area (Å²) in [4.78, 5) is 0. The normalized spacial score (nSPS) is 19.3. The molecule has 0 unspecified atom stereocenters. The number of quaternary nitrogens is 2. The van der Waals surface area contributed by atoms with Crippen LogP contribution in [0.3, 0.4) is 0 Å². The molecule has 0 atom stereocenters. The molecule has 1 saturated heterocycles. The van der Waals surface area contributed by atoms with Crippen LogP contribution >= 0.6 is 0 Å². The Hall–Kier alpha value is -0.0800. The third-order valence-electron chi connectivity index (χ3n) is 4.46. The molecule has 1 heterocycles. The van der Waals surface area contributed by atoms with E-state index in [9.17, 15) is 0 Å². The molecular formula is C16H36N2+2. The minimum absolute atomic E-state index is 1.12. The van der Waals surface area contributed by atoms with Gasteiger partial charge in [-0.3, -0.25) is 0 Å². The first-order valence-corrected chi connectivity index (χ1v) is 8.13. The van der Waals surface area contributed by atoms with Gasteiger partial charge in [-0.05, 0) is 25.7 Å². The molecular weight excluding hydrogens is 220 g/mol. The molecule has 0 radical (unpaired) electrons. The molecule has 0 aromatic carbocycles. The Bertz CT molecular complexity index is 212. The fourth-order valence-electron chi connectivity index (χ4n) is 3.27. The van der Waals surface area contributed by atoms with Crippen LogP contribution in [-0.2, 0) is 0 Å². The fraction of sp³-hybridized carbons (Fsp3) is 1.00. The van der Waals surface area contributed by atoms with Gasteiger partial charge >= 0.3 is 0 Å². The zero-order chi connectivity index (χ0) is 13.5. The zero-order valence-corrected chi connectivity index (χ0v) is 13.4. The lowest BCUT2D eigenvalue weighted by Gasteiger charge is -2.34. The van der Waals surface area contributed by atoms with E-state index in [4.69, 9.17) is 0 Å². The first kappa shape index (κ1) is 16.0. The lowest BCUT2D eigenvalue weighted by Crippen LogP contribution is -2.46. The summed E-state index contributed by atoms with van der Waals surface area (Å²) in [6, 6.07) is 0. The minimum Gasteiger partial charge on any atom is -0.331 e. The summed E-state index contributed by atoms with van der Waals surface area (Å²) < 4.78 is 2.58. The van der Waals surface area contributed by atoms with Gasteiger partial charge in [0.1, 0.15) is 0 Å². The Morgan fingerprint density at radius 3 is 2.00 bits per heavy atom. The summed E-state index contributed by atoms with van der Waals surface area (Å²) >= 11 is 0. The number of nitrogens with zero attached hydrogens (tertiary/aromatic N) is 2. The van der Waals surface area contributed by atoms with Gasteiger partial charge in [0.15, 0.2) is 0 Å². The molecule has 0 spiro atoms. The Morgan fingerprint density at radius 1 is 0.833 bits per heavy atom. The average Bonchev–Trinajstić information content (AvgIpc) is 2.74. The van der Waals surface area contributed by atoms with Gasteiger partial charge in [-0.15, -0.1) is 0 Å². The molecule has 0 bridgehead atoms. The van der Waals surface area contributed by atoms with Gasteiger partial charge in [0, 0.05) is 12.8 Å². The van der Waals surface area contributed by atoms with E-state index >= 15 is 0 Å². The van der Waals surface area contributed by atoms with Gasteiger partial charge in [0.05, 0.1) is 53.9 Å². The van der Waals surface area contributed by atoms with E-state index in [1.165, 1.54) is 82.2 Å². The van der Waals surface area contributed by atoms with Crippen LogP contribution in [0.1, 0.15) is 51.9 Å². The summed E-state index contributed by atoms with van der Waals surface area (Å²) in [7, 11) is 6.90. The van der Waals surface area contributed by atoms with Crippen LogP contribution in [0.25, 0.3) is 0 Å². The van der Waals surface area contributed by atoms with Crippen LogP contribution in [0.2, 0.25) is 0 Å². The summed E-state index contributed by atoms with van der Waals surface area (Å²) in [5.74, 6) is 0. The third-order valence-corrected chi connectivity index (χ3v) is 4.46. The second-order valence-electron chi connectivity index (χ2n) is 7.37. The number of hydrogen-bond acceptors (Lipinski definition) is 0. The molecule has 1 fully saturated rings. The lowest BCUT2D eigenvalue weighted by atomic mass is 10.2. The highest BCUT2D eigenvalue weighted by atomic mass is 15.4. The number of hydrogen-bond donors (Lipinski definition) is 0. The molecule has 0 aromatic rings. The van der Waals surface area contributed by atoms with Gasteiger partial charge in [-0.2, -0.15) is 0 Å². The van der Waals surface area contributed by atoms with Crippen LogP contribution in [0.5, 0.6) is 0 Å². The molecule has 1 aliphatic rings. The van der Waals surface area contributed by atoms with E-state index in [0.29, 0.717) is 0 Å². The Kier molecular flexibility index (Phi) is 6.65. The maximum absolute atomic E-state index is 2.33. The van der Waals surface area contributed by atoms with E-state index in [-0.39, 0.29) is 0 Å². The predicted molar refractivity (Wildman–Crippen MR) is 80.6 cm³/mol. The van der Waals surface area contributed by atoms with Crippen molar-refractivity contribution in [2.75, 3.05) is 53.9 Å². The predicted octanol–water partition coefficient (Wildman–Crippen LogP) is 3.27. The van der Waals surface area contributed by atoms with E-state index in [2.05, 4.69) is 28.1 Å². The summed E-state index contributed by atoms with van der Waals surface area (Å²) in [5, 5.41) is 0. The summed E-state index contributed by atoms with van der Waals surface area (Å²) in [5.41, 5.74) is 0. The van der Waals surface area contributed by atoms with Crippen LogP contribution < -0.4 is 0 Å². The zero-order valence-electron chi connectivity index (χ0n) is 13.4. The van der Waals surface area contributed by atoms with Crippen molar-refractivity contribution in [1.82, 2.24) is 0 Å². The second kappa shape index (κ2) is 7.49. The fourth-order valence-corrected chi connectivity index (χ4v) is 3.27. The first-order valence-electron chi connectivity index (χ1n) is 8.13. The molecule has 0 amide bonds. The molecule has 1 rings (SSSR count). The van der Waals surface area contributed by atoms with Gasteiger partial charge in [-0.25, -0.2) is 0 Å². The van der Waals surface area contributed by atoms with E-state index in [1.807, 2.05) is 0 Å². The minimum atomic E-state index is 1.12. The SMILES string of the molecule is CCCC[N+]1(CCCCC[N+](C)(C)C)CCCC1. The number of unbranched alkanes of at least 4 members (excludes halogenated alkanes) is 3. The quantitative estimate of drug-likeness (QED) is 0.439. The van der Waals surface area contributed by atoms with Crippen molar-refractivity contribution in [2.45, 2.75) is 51.9 Å². The summed E-state index contributed by atoms with van der Waals surface area (Å²) in [6.07, 6.45) is 10.0. The van der Waals surface area contributed by atoms with Crippen LogP contribution in [-0.4, -0.2) is 62.8 Å². The highest BCUT2D eigenvalue weighted by molar-refractivity contribution is 4.56. The van der Waals surface area contributed by atoms with Gasteiger partial charge < -0.3 is 8.97 Å². The highest BCUT2D eigenvalue weighted by Crippen LogP contribution is 2.22. The standard InChI is InChI=1S/C16H36N2/c1-5-6-13-18(15-10-11-16-18)14-9-7-8-12-17(2,3)4/h5-16H2,1-4H3/q+2. The number of likely N-dealkylation sites (tertiary alicyclic amines) is 1. The average molecular weight is 256 g/mol. The molecule has 0 saturated carbocycles. The molecule has 0 N–H and O–H groups in total. The Balaban J connectivity index is 2.18. The van der Waals surface area contributed by atoms with Crippen LogP contribution in [0.15, 0.2) is 0 Å². The Labute approximate surface area is 115 Å². The van der Waals surface area contributed by atoms with Crippen molar-refractivity contribution >= 4 is 0 Å². The molecule has 2 heteroatoms. The summed E-state index contributed by atoms with van der Waals surface area (Å²) in [6.45, 7) is 9.50. The maximum atomic E-state index is 2.33. The van der Waals surface area contributed by atoms with E-state index in [0.717, 1.165) is 4.48 Å². The van der Waals surface area contributed by atoms with Crippen LogP contribution in [0.4, 0.5) is 0 Å². The molecule has 18 heavy (non-hydrogen) atoms. The van der Waals surface area contributed by atoms with Gasteiger partial charge in [0.25, 0.3) is 0 Å². The maximum Gasteiger partial charge on any atom is 0.0788 e. The van der Waals surface area contributed by atoms with Crippen LogP contribution in [0, 0.1) is 0 Å². The molecule has 0 aromatic heterocycles. The Morgan fingerprint density at radius 2 is 1.44 bits per heavy atom. The second-order valence-corrected chi connectivity index (χ2v) is 7.37. The molecule has 108 valence electrons. The van der Waals surface area contributed by atoms with Crippen molar-refractivity contribution in [3.05, 3.63) is 0 Å². The monoisotopic (exact) mass is 256 g/mol. The molecule has 2 nitrogen and oxygen atoms in total. The van der Waals surface area contributed by atoms with Crippen molar-refractivity contribution in [2.24, 2.45) is 0 Å².